The predicted molar refractivity (Wildman–Crippen MR) is 75.7 cm³/mol. The molecule has 0 radical (unpaired) electrons. The van der Waals surface area contributed by atoms with Gasteiger partial charge in [-0.15, -0.1) is 0 Å². The van der Waals surface area contributed by atoms with E-state index < -0.39 is 0 Å². The Labute approximate surface area is 115 Å². The van der Waals surface area contributed by atoms with Crippen molar-refractivity contribution in [3.63, 3.8) is 0 Å². The fourth-order valence-electron chi connectivity index (χ4n) is 2.39. The average Bonchev–Trinajstić information content (AvgIpc) is 2.38. The van der Waals surface area contributed by atoms with E-state index in [1.54, 1.807) is 0 Å². The molecule has 1 fully saturated rings. The standard InChI is InChI=1S/C13H24N2O2S/c1-3-7-14(2)13(17)11-4-8-15(9-5-11)12(16)6-10-18/h11,18H,3-10H2,1-2H3. The summed E-state index contributed by atoms with van der Waals surface area (Å²) in [4.78, 5) is 27.5. The third kappa shape index (κ3) is 4.19. The number of piperidine rings is 1. The summed E-state index contributed by atoms with van der Waals surface area (Å²) in [6, 6.07) is 0. The van der Waals surface area contributed by atoms with Gasteiger partial charge in [0, 0.05) is 39.0 Å². The van der Waals surface area contributed by atoms with Gasteiger partial charge in [-0.3, -0.25) is 9.59 Å². The van der Waals surface area contributed by atoms with Crippen molar-refractivity contribution in [2.24, 2.45) is 5.92 Å². The minimum Gasteiger partial charge on any atom is -0.346 e. The zero-order valence-corrected chi connectivity index (χ0v) is 12.3. The molecule has 2 amide bonds. The largest absolute Gasteiger partial charge is 0.346 e. The van der Waals surface area contributed by atoms with E-state index in [0.717, 1.165) is 25.8 Å². The van der Waals surface area contributed by atoms with E-state index in [2.05, 4.69) is 19.6 Å². The number of carbonyl (C=O) groups excluding carboxylic acids is 2. The number of thiol groups is 1. The van der Waals surface area contributed by atoms with Gasteiger partial charge in [0.05, 0.1) is 0 Å². The van der Waals surface area contributed by atoms with Crippen LogP contribution in [0.4, 0.5) is 0 Å². The Hall–Kier alpha value is -0.710. The molecule has 5 heteroatoms. The van der Waals surface area contributed by atoms with Gasteiger partial charge in [0.1, 0.15) is 0 Å². The molecule has 0 saturated carbocycles. The first-order valence-corrected chi connectivity index (χ1v) is 7.37. The maximum atomic E-state index is 12.1. The molecular formula is C13H24N2O2S. The topological polar surface area (TPSA) is 40.6 Å². The first kappa shape index (κ1) is 15.3. The van der Waals surface area contributed by atoms with Gasteiger partial charge in [0.25, 0.3) is 0 Å². The Morgan fingerprint density at radius 1 is 1.33 bits per heavy atom. The van der Waals surface area contributed by atoms with E-state index in [4.69, 9.17) is 0 Å². The minimum atomic E-state index is 0.0987. The molecule has 1 rings (SSSR count). The summed E-state index contributed by atoms with van der Waals surface area (Å²) >= 11 is 4.07. The van der Waals surface area contributed by atoms with Crippen LogP contribution in [0, 0.1) is 5.92 Å². The van der Waals surface area contributed by atoms with Gasteiger partial charge in [0.2, 0.25) is 11.8 Å². The number of likely N-dealkylation sites (tertiary alicyclic amines) is 1. The van der Waals surface area contributed by atoms with Crippen LogP contribution in [0.5, 0.6) is 0 Å². The lowest BCUT2D eigenvalue weighted by molar-refractivity contribution is -0.139. The SMILES string of the molecule is CCCN(C)C(=O)C1CCN(C(=O)CCS)CC1. The van der Waals surface area contributed by atoms with Gasteiger partial charge in [-0.2, -0.15) is 12.6 Å². The highest BCUT2D eigenvalue weighted by Gasteiger charge is 2.28. The van der Waals surface area contributed by atoms with Gasteiger partial charge >= 0.3 is 0 Å². The Morgan fingerprint density at radius 3 is 2.44 bits per heavy atom. The quantitative estimate of drug-likeness (QED) is 0.769. The fourth-order valence-corrected chi connectivity index (χ4v) is 2.58. The highest BCUT2D eigenvalue weighted by molar-refractivity contribution is 7.80. The second kappa shape index (κ2) is 7.67. The van der Waals surface area contributed by atoms with E-state index in [1.165, 1.54) is 0 Å². The van der Waals surface area contributed by atoms with Crippen LogP contribution in [0.25, 0.3) is 0 Å². The Balaban J connectivity index is 2.39. The summed E-state index contributed by atoms with van der Waals surface area (Å²) < 4.78 is 0. The van der Waals surface area contributed by atoms with Gasteiger partial charge in [0.15, 0.2) is 0 Å². The van der Waals surface area contributed by atoms with Gasteiger partial charge in [-0.05, 0) is 25.0 Å². The van der Waals surface area contributed by atoms with Gasteiger partial charge in [-0.25, -0.2) is 0 Å². The fraction of sp³-hybridized carbons (Fsp3) is 0.846. The van der Waals surface area contributed by atoms with E-state index in [9.17, 15) is 9.59 Å². The third-order valence-corrected chi connectivity index (χ3v) is 3.68. The summed E-state index contributed by atoms with van der Waals surface area (Å²) in [5.74, 6) is 1.09. The molecule has 0 aromatic heterocycles. The molecule has 4 nitrogen and oxygen atoms in total. The highest BCUT2D eigenvalue weighted by atomic mass is 32.1. The molecule has 18 heavy (non-hydrogen) atoms. The molecule has 1 aliphatic rings. The Kier molecular flexibility index (Phi) is 6.54. The van der Waals surface area contributed by atoms with Crippen LogP contribution < -0.4 is 0 Å². The first-order chi connectivity index (χ1) is 8.60. The van der Waals surface area contributed by atoms with Gasteiger partial charge < -0.3 is 9.80 Å². The lowest BCUT2D eigenvalue weighted by Gasteiger charge is -2.33. The molecule has 0 aliphatic carbocycles. The summed E-state index contributed by atoms with van der Waals surface area (Å²) in [6.45, 7) is 4.31. The zero-order chi connectivity index (χ0) is 13.5. The molecule has 1 saturated heterocycles. The van der Waals surface area contributed by atoms with Crippen LogP contribution in [-0.2, 0) is 9.59 Å². The van der Waals surface area contributed by atoms with Crippen molar-refractivity contribution in [3.8, 4) is 0 Å². The monoisotopic (exact) mass is 272 g/mol. The second-order valence-electron chi connectivity index (χ2n) is 4.89. The molecule has 0 spiro atoms. The van der Waals surface area contributed by atoms with Crippen LogP contribution in [0.2, 0.25) is 0 Å². The van der Waals surface area contributed by atoms with Crippen molar-refractivity contribution < 1.29 is 9.59 Å². The van der Waals surface area contributed by atoms with Crippen LogP contribution in [0.15, 0.2) is 0 Å². The average molecular weight is 272 g/mol. The Bertz CT molecular complexity index is 289. The minimum absolute atomic E-state index is 0.0987. The lowest BCUT2D eigenvalue weighted by Crippen LogP contribution is -2.43. The summed E-state index contributed by atoms with van der Waals surface area (Å²) in [5.41, 5.74) is 0. The third-order valence-electron chi connectivity index (χ3n) is 3.46. The maximum Gasteiger partial charge on any atom is 0.225 e. The first-order valence-electron chi connectivity index (χ1n) is 6.73. The molecule has 104 valence electrons. The summed E-state index contributed by atoms with van der Waals surface area (Å²) in [6.07, 6.45) is 3.08. The van der Waals surface area contributed by atoms with Crippen molar-refractivity contribution >= 4 is 24.4 Å². The lowest BCUT2D eigenvalue weighted by atomic mass is 9.95. The van der Waals surface area contributed by atoms with Crippen molar-refractivity contribution in [2.45, 2.75) is 32.6 Å². The molecule has 0 N–H and O–H groups in total. The van der Waals surface area contributed by atoms with Crippen molar-refractivity contribution in [2.75, 3.05) is 32.4 Å². The Morgan fingerprint density at radius 2 is 1.94 bits per heavy atom. The summed E-state index contributed by atoms with van der Waals surface area (Å²) in [5, 5.41) is 0. The number of nitrogens with zero attached hydrogens (tertiary/aromatic N) is 2. The number of amides is 2. The van der Waals surface area contributed by atoms with Crippen LogP contribution in [-0.4, -0.2) is 54.0 Å². The van der Waals surface area contributed by atoms with E-state index >= 15 is 0 Å². The van der Waals surface area contributed by atoms with Gasteiger partial charge in [-0.1, -0.05) is 6.92 Å². The molecule has 1 heterocycles. The molecule has 0 atom stereocenters. The van der Waals surface area contributed by atoms with E-state index in [-0.39, 0.29) is 17.7 Å². The summed E-state index contributed by atoms with van der Waals surface area (Å²) in [7, 11) is 1.87. The highest BCUT2D eigenvalue weighted by Crippen LogP contribution is 2.20. The normalized spacial score (nSPS) is 16.7. The zero-order valence-electron chi connectivity index (χ0n) is 11.4. The number of hydrogen-bond acceptors (Lipinski definition) is 3. The number of hydrogen-bond donors (Lipinski definition) is 1. The molecule has 0 unspecified atom stereocenters. The van der Waals surface area contributed by atoms with E-state index in [1.807, 2.05) is 16.8 Å². The predicted octanol–water partition coefficient (Wildman–Crippen LogP) is 1.41. The molecule has 0 bridgehead atoms. The smallest absolute Gasteiger partial charge is 0.225 e. The van der Waals surface area contributed by atoms with Crippen LogP contribution in [0.3, 0.4) is 0 Å². The van der Waals surface area contributed by atoms with Crippen LogP contribution in [0.1, 0.15) is 32.6 Å². The molecule has 0 aromatic carbocycles. The van der Waals surface area contributed by atoms with Crippen molar-refractivity contribution in [3.05, 3.63) is 0 Å². The molecular weight excluding hydrogens is 248 g/mol. The van der Waals surface area contributed by atoms with E-state index in [0.29, 0.717) is 25.3 Å². The second-order valence-corrected chi connectivity index (χ2v) is 5.34. The van der Waals surface area contributed by atoms with Crippen LogP contribution >= 0.6 is 12.6 Å². The number of carbonyl (C=O) groups is 2. The molecule has 1 aliphatic heterocycles. The van der Waals surface area contributed by atoms with Crippen molar-refractivity contribution in [1.29, 1.82) is 0 Å². The maximum absolute atomic E-state index is 12.1. The van der Waals surface area contributed by atoms with Crippen molar-refractivity contribution in [1.82, 2.24) is 9.80 Å². The molecule has 0 aromatic rings. The number of rotatable bonds is 5.